The number of hydrogen-bond acceptors (Lipinski definition) is 9. The van der Waals surface area contributed by atoms with Crippen molar-refractivity contribution < 1.29 is 36.9 Å². The number of ether oxygens (including phenoxy) is 5. The molecule has 0 aliphatic heterocycles. The SMILES string of the molecule is CCOc1ccc(OCCOc2ccc(/C=N/NC(=O)c3cccc(S(=O)(=O)Nc4ccc(OC)cc4)c3)cc2OCC)cc1. The summed E-state index contributed by atoms with van der Waals surface area (Å²) in [6, 6.07) is 24.7. The minimum Gasteiger partial charge on any atom is -0.497 e. The lowest BCUT2D eigenvalue weighted by molar-refractivity contribution is 0.0955. The van der Waals surface area contributed by atoms with E-state index in [1.54, 1.807) is 42.5 Å². The Morgan fingerprint density at radius 3 is 2.11 bits per heavy atom. The summed E-state index contributed by atoms with van der Waals surface area (Å²) in [6.07, 6.45) is 1.45. The van der Waals surface area contributed by atoms with Gasteiger partial charge in [-0.05, 0) is 104 Å². The summed E-state index contributed by atoms with van der Waals surface area (Å²) in [7, 11) is -2.42. The molecular weight excluding hydrogens is 598 g/mol. The summed E-state index contributed by atoms with van der Waals surface area (Å²) in [5, 5.41) is 4.02. The molecule has 0 unspecified atom stereocenters. The molecule has 0 heterocycles. The first-order valence-electron chi connectivity index (χ1n) is 14.2. The normalized spacial score (nSPS) is 11.1. The van der Waals surface area contributed by atoms with Crippen molar-refractivity contribution in [1.82, 2.24) is 5.43 Å². The minimum atomic E-state index is -3.94. The van der Waals surface area contributed by atoms with Crippen molar-refractivity contribution in [1.29, 1.82) is 0 Å². The van der Waals surface area contributed by atoms with Gasteiger partial charge in [0.05, 0.1) is 31.4 Å². The molecule has 0 bridgehead atoms. The zero-order valence-corrected chi connectivity index (χ0v) is 26.0. The van der Waals surface area contributed by atoms with Gasteiger partial charge in [-0.3, -0.25) is 9.52 Å². The Labute approximate surface area is 262 Å². The zero-order chi connectivity index (χ0) is 32.1. The molecule has 0 aliphatic rings. The van der Waals surface area contributed by atoms with Gasteiger partial charge in [-0.1, -0.05) is 6.07 Å². The van der Waals surface area contributed by atoms with Crippen LogP contribution < -0.4 is 33.8 Å². The van der Waals surface area contributed by atoms with E-state index in [-0.39, 0.29) is 10.5 Å². The van der Waals surface area contributed by atoms with Crippen molar-refractivity contribution in [2.24, 2.45) is 5.10 Å². The third-order valence-corrected chi connectivity index (χ3v) is 7.52. The van der Waals surface area contributed by atoms with Crippen LogP contribution in [0.1, 0.15) is 29.8 Å². The van der Waals surface area contributed by atoms with Crippen molar-refractivity contribution in [3.63, 3.8) is 0 Å². The van der Waals surface area contributed by atoms with E-state index in [1.807, 2.05) is 38.1 Å². The second-order valence-electron chi connectivity index (χ2n) is 9.30. The number of carbonyl (C=O) groups is 1. The number of sulfonamides is 1. The molecule has 236 valence electrons. The molecule has 0 aliphatic carbocycles. The molecule has 0 saturated carbocycles. The summed E-state index contributed by atoms with van der Waals surface area (Å²) < 4.78 is 56.1. The number of amides is 1. The predicted octanol–water partition coefficient (Wildman–Crippen LogP) is 5.52. The summed E-state index contributed by atoms with van der Waals surface area (Å²) in [5.41, 5.74) is 3.56. The predicted molar refractivity (Wildman–Crippen MR) is 172 cm³/mol. The molecule has 0 radical (unpaired) electrons. The monoisotopic (exact) mass is 633 g/mol. The van der Waals surface area contributed by atoms with E-state index in [0.29, 0.717) is 60.7 Å². The van der Waals surface area contributed by atoms with Gasteiger partial charge in [0.25, 0.3) is 15.9 Å². The van der Waals surface area contributed by atoms with Gasteiger partial charge in [0.15, 0.2) is 11.5 Å². The Morgan fingerprint density at radius 2 is 1.42 bits per heavy atom. The lowest BCUT2D eigenvalue weighted by Gasteiger charge is -2.13. The molecule has 0 atom stereocenters. The van der Waals surface area contributed by atoms with E-state index < -0.39 is 15.9 Å². The molecule has 4 aromatic carbocycles. The molecule has 0 aromatic heterocycles. The van der Waals surface area contributed by atoms with Crippen molar-refractivity contribution in [2.45, 2.75) is 18.7 Å². The highest BCUT2D eigenvalue weighted by molar-refractivity contribution is 7.92. The number of hydrazone groups is 1. The smallest absolute Gasteiger partial charge is 0.271 e. The van der Waals surface area contributed by atoms with Gasteiger partial charge < -0.3 is 23.7 Å². The number of rotatable bonds is 16. The quantitative estimate of drug-likeness (QED) is 0.0937. The lowest BCUT2D eigenvalue weighted by atomic mass is 10.2. The average molecular weight is 634 g/mol. The molecule has 11 nitrogen and oxygen atoms in total. The molecule has 0 fully saturated rings. The van der Waals surface area contributed by atoms with Crippen LogP contribution in [0.25, 0.3) is 0 Å². The first kappa shape index (κ1) is 32.7. The lowest BCUT2D eigenvalue weighted by Crippen LogP contribution is -2.19. The van der Waals surface area contributed by atoms with Crippen LogP contribution in [0.3, 0.4) is 0 Å². The maximum Gasteiger partial charge on any atom is 0.271 e. The third-order valence-electron chi connectivity index (χ3n) is 6.14. The molecule has 12 heteroatoms. The summed E-state index contributed by atoms with van der Waals surface area (Å²) in [4.78, 5) is 12.7. The van der Waals surface area contributed by atoms with Gasteiger partial charge in [0.2, 0.25) is 0 Å². The Kier molecular flexibility index (Phi) is 11.6. The maximum absolute atomic E-state index is 12.9. The van der Waals surface area contributed by atoms with Crippen LogP contribution in [-0.4, -0.2) is 54.1 Å². The highest BCUT2D eigenvalue weighted by Crippen LogP contribution is 2.28. The third kappa shape index (κ3) is 9.63. The fourth-order valence-electron chi connectivity index (χ4n) is 4.01. The van der Waals surface area contributed by atoms with E-state index in [2.05, 4.69) is 15.2 Å². The number of methoxy groups -OCH3 is 1. The fourth-order valence-corrected chi connectivity index (χ4v) is 5.11. The van der Waals surface area contributed by atoms with Gasteiger partial charge in [-0.15, -0.1) is 0 Å². The zero-order valence-electron chi connectivity index (χ0n) is 25.2. The number of carbonyl (C=O) groups excluding carboxylic acids is 1. The van der Waals surface area contributed by atoms with Gasteiger partial charge >= 0.3 is 0 Å². The minimum absolute atomic E-state index is 0.0724. The second-order valence-corrected chi connectivity index (χ2v) is 11.0. The molecule has 4 aromatic rings. The Hall–Kier alpha value is -5.23. The number of nitrogens with one attached hydrogen (secondary N) is 2. The van der Waals surface area contributed by atoms with Crippen LogP contribution in [0.15, 0.2) is 101 Å². The van der Waals surface area contributed by atoms with Crippen molar-refractivity contribution >= 4 is 27.8 Å². The number of benzene rings is 4. The van der Waals surface area contributed by atoms with E-state index >= 15 is 0 Å². The van der Waals surface area contributed by atoms with E-state index in [0.717, 1.165) is 5.75 Å². The second kappa shape index (κ2) is 16.0. The Morgan fingerprint density at radius 1 is 0.756 bits per heavy atom. The highest BCUT2D eigenvalue weighted by atomic mass is 32.2. The van der Waals surface area contributed by atoms with Crippen molar-refractivity contribution in [3.05, 3.63) is 102 Å². The van der Waals surface area contributed by atoms with E-state index in [1.165, 1.54) is 37.6 Å². The summed E-state index contributed by atoms with van der Waals surface area (Å²) in [6.45, 7) is 5.43. The topological polar surface area (TPSA) is 134 Å². The molecule has 45 heavy (non-hydrogen) atoms. The van der Waals surface area contributed by atoms with Gasteiger partial charge in [0, 0.05) is 11.3 Å². The standard InChI is InChI=1S/C33H35N3O8S/c1-4-41-28-14-16-29(17-15-28)43-19-20-44-31-18-9-24(21-32(31)42-5-2)23-34-35-33(37)25-7-6-8-30(22-25)45(38,39)36-26-10-12-27(40-3)13-11-26/h6-18,21-23,36H,4-5,19-20H2,1-3H3,(H,35,37)/b34-23+. The first-order chi connectivity index (χ1) is 21.8. The highest BCUT2D eigenvalue weighted by Gasteiger charge is 2.17. The van der Waals surface area contributed by atoms with Crippen LogP contribution >= 0.6 is 0 Å². The average Bonchev–Trinajstić information content (AvgIpc) is 3.05. The van der Waals surface area contributed by atoms with E-state index in [4.69, 9.17) is 23.7 Å². The molecule has 0 saturated heterocycles. The van der Waals surface area contributed by atoms with Crippen molar-refractivity contribution in [2.75, 3.05) is 38.3 Å². The van der Waals surface area contributed by atoms with Crippen LogP contribution in [0, 0.1) is 0 Å². The summed E-state index contributed by atoms with van der Waals surface area (Å²) >= 11 is 0. The van der Waals surface area contributed by atoms with E-state index in [9.17, 15) is 13.2 Å². The van der Waals surface area contributed by atoms with Gasteiger partial charge in [0.1, 0.15) is 30.5 Å². The maximum atomic E-state index is 12.9. The number of hydrogen-bond donors (Lipinski definition) is 2. The molecule has 4 rings (SSSR count). The largest absolute Gasteiger partial charge is 0.497 e. The summed E-state index contributed by atoms with van der Waals surface area (Å²) in [5.74, 6) is 2.55. The molecule has 1 amide bonds. The fraction of sp³-hybridized carbons (Fsp3) is 0.212. The van der Waals surface area contributed by atoms with Crippen LogP contribution in [0.2, 0.25) is 0 Å². The molecule has 2 N–H and O–H groups in total. The van der Waals surface area contributed by atoms with Crippen LogP contribution in [0.5, 0.6) is 28.7 Å². The number of nitrogens with zero attached hydrogens (tertiary/aromatic N) is 1. The Bertz CT molecular complexity index is 1690. The van der Waals surface area contributed by atoms with Gasteiger partial charge in [-0.25, -0.2) is 13.8 Å². The van der Waals surface area contributed by atoms with Crippen LogP contribution in [0.4, 0.5) is 5.69 Å². The number of anilines is 1. The molecule has 0 spiro atoms. The van der Waals surface area contributed by atoms with Crippen LogP contribution in [-0.2, 0) is 10.0 Å². The Balaban J connectivity index is 1.32. The van der Waals surface area contributed by atoms with Gasteiger partial charge in [-0.2, -0.15) is 5.10 Å². The molecular formula is C33H35N3O8S. The first-order valence-corrected chi connectivity index (χ1v) is 15.6. The van der Waals surface area contributed by atoms with Crippen molar-refractivity contribution in [3.8, 4) is 28.7 Å².